The molecule has 0 amide bonds. The van der Waals surface area contributed by atoms with Gasteiger partial charge in [-0.15, -0.1) is 0 Å². The molecule has 246 valence electrons. The van der Waals surface area contributed by atoms with Gasteiger partial charge in [-0.3, -0.25) is 0 Å². The summed E-state index contributed by atoms with van der Waals surface area (Å²) in [5, 5.41) is 2.53. The van der Waals surface area contributed by atoms with Crippen molar-refractivity contribution in [3.05, 3.63) is 211 Å². The molecule has 1 aliphatic rings. The van der Waals surface area contributed by atoms with E-state index in [9.17, 15) is 0 Å². The number of nitrogens with zero attached hydrogens (tertiary/aromatic N) is 1. The molecule has 2 atom stereocenters. The summed E-state index contributed by atoms with van der Waals surface area (Å²) in [6, 6.07) is 71.4. The van der Waals surface area contributed by atoms with E-state index in [1.807, 2.05) is 0 Å². The van der Waals surface area contributed by atoms with Gasteiger partial charge in [0, 0.05) is 22.4 Å². The summed E-state index contributed by atoms with van der Waals surface area (Å²) in [5.41, 5.74) is 18.0. The van der Waals surface area contributed by atoms with Crippen LogP contribution in [0.1, 0.15) is 35.4 Å². The van der Waals surface area contributed by atoms with Crippen LogP contribution in [-0.2, 0) is 0 Å². The van der Waals surface area contributed by atoms with Crippen molar-refractivity contribution in [1.29, 1.82) is 0 Å². The highest BCUT2D eigenvalue weighted by Crippen LogP contribution is 2.52. The lowest BCUT2D eigenvalue weighted by Gasteiger charge is -2.35. The van der Waals surface area contributed by atoms with Crippen LogP contribution in [-0.4, -0.2) is 4.57 Å². The van der Waals surface area contributed by atoms with Crippen molar-refractivity contribution in [2.24, 2.45) is 0 Å². The Morgan fingerprint density at radius 1 is 0.346 bits per heavy atom. The number of hydrogen-bond acceptors (Lipinski definition) is 0. The van der Waals surface area contributed by atoms with Crippen molar-refractivity contribution in [3.8, 4) is 50.2 Å². The minimum absolute atomic E-state index is 0.258. The predicted octanol–water partition coefficient (Wildman–Crippen LogP) is 13.7. The highest BCUT2D eigenvalue weighted by Gasteiger charge is 2.33. The van der Waals surface area contributed by atoms with E-state index < -0.39 is 0 Å². The zero-order valence-electron chi connectivity index (χ0n) is 29.1. The fourth-order valence-corrected chi connectivity index (χ4v) is 8.80. The zero-order chi connectivity index (χ0) is 34.6. The Bertz CT molecular complexity index is 2750. The van der Waals surface area contributed by atoms with Gasteiger partial charge in [-0.1, -0.05) is 165 Å². The van der Waals surface area contributed by atoms with Gasteiger partial charge in [-0.25, -0.2) is 0 Å². The van der Waals surface area contributed by atoms with Crippen LogP contribution in [0.15, 0.2) is 194 Å². The van der Waals surface area contributed by atoms with Crippen LogP contribution in [0.4, 0.5) is 0 Å². The molecule has 1 heterocycles. The Labute approximate surface area is 305 Å². The number of para-hydroxylation sites is 1. The number of aromatic nitrogens is 1. The second-order valence-corrected chi connectivity index (χ2v) is 14.1. The Kier molecular flexibility index (Phi) is 7.25. The molecular formula is C51H37N. The Morgan fingerprint density at radius 3 is 1.73 bits per heavy atom. The molecule has 1 aromatic heterocycles. The molecule has 0 N–H and O–H groups in total. The summed E-state index contributed by atoms with van der Waals surface area (Å²) < 4.78 is 2.42. The van der Waals surface area contributed by atoms with Gasteiger partial charge in [0.1, 0.15) is 0 Å². The van der Waals surface area contributed by atoms with Gasteiger partial charge in [0.15, 0.2) is 0 Å². The van der Waals surface area contributed by atoms with Gasteiger partial charge in [0.2, 0.25) is 0 Å². The highest BCUT2D eigenvalue weighted by molar-refractivity contribution is 6.10. The van der Waals surface area contributed by atoms with Crippen LogP contribution in [0.5, 0.6) is 0 Å². The van der Waals surface area contributed by atoms with Crippen LogP contribution in [0, 0.1) is 0 Å². The Hall–Kier alpha value is -6.44. The van der Waals surface area contributed by atoms with E-state index in [1.54, 1.807) is 0 Å². The van der Waals surface area contributed by atoms with Crippen molar-refractivity contribution in [1.82, 2.24) is 4.57 Å². The standard InChI is InChI=1S/C51H37N/c1-34-41-29-27-38(32-47(41)43-22-9-11-25-46(43)51(34)45-24-10-8-21-42(45)36-17-6-3-7-18-36)39-28-30-50-48(33-39)44-23-12-13-26-49(44)52(50)40-20-14-19-37(31-40)35-15-4-2-5-16-35/h2-34,51H,1H3. The monoisotopic (exact) mass is 663 g/mol. The first-order chi connectivity index (χ1) is 25.7. The number of hydrogen-bond donors (Lipinski definition) is 0. The van der Waals surface area contributed by atoms with Crippen molar-refractivity contribution in [3.63, 3.8) is 0 Å². The number of rotatable bonds is 5. The van der Waals surface area contributed by atoms with Gasteiger partial charge < -0.3 is 4.57 Å². The van der Waals surface area contributed by atoms with E-state index in [0.29, 0.717) is 5.92 Å². The van der Waals surface area contributed by atoms with Gasteiger partial charge in [0.25, 0.3) is 0 Å². The summed E-state index contributed by atoms with van der Waals surface area (Å²) in [4.78, 5) is 0. The van der Waals surface area contributed by atoms with Crippen molar-refractivity contribution >= 4 is 21.8 Å². The Balaban J connectivity index is 1.09. The van der Waals surface area contributed by atoms with Gasteiger partial charge in [-0.2, -0.15) is 0 Å². The van der Waals surface area contributed by atoms with E-state index in [1.165, 1.54) is 88.7 Å². The minimum Gasteiger partial charge on any atom is -0.309 e. The number of fused-ring (bicyclic) bond motifs is 6. The van der Waals surface area contributed by atoms with Gasteiger partial charge >= 0.3 is 0 Å². The van der Waals surface area contributed by atoms with Crippen molar-refractivity contribution in [2.45, 2.75) is 18.8 Å². The average molecular weight is 664 g/mol. The lowest BCUT2D eigenvalue weighted by atomic mass is 9.68. The maximum atomic E-state index is 2.44. The molecule has 0 saturated heterocycles. The molecule has 10 rings (SSSR count). The van der Waals surface area contributed by atoms with Crippen LogP contribution >= 0.6 is 0 Å². The van der Waals surface area contributed by atoms with E-state index in [2.05, 4.69) is 206 Å². The molecule has 0 fully saturated rings. The first-order valence-electron chi connectivity index (χ1n) is 18.3. The SMILES string of the molecule is CC1c2ccc(-c3ccc4c(c3)c3ccccc3n4-c3cccc(-c4ccccc4)c3)cc2-c2ccccc2C1c1ccccc1-c1ccccc1. The molecule has 0 bridgehead atoms. The highest BCUT2D eigenvalue weighted by atomic mass is 15.0. The second kappa shape index (κ2) is 12.4. The maximum Gasteiger partial charge on any atom is 0.0541 e. The smallest absolute Gasteiger partial charge is 0.0541 e. The molecule has 9 aromatic rings. The summed E-state index contributed by atoms with van der Waals surface area (Å²) in [6.07, 6.45) is 0. The lowest BCUT2D eigenvalue weighted by Crippen LogP contribution is -2.17. The van der Waals surface area contributed by atoms with Crippen LogP contribution in [0.25, 0.3) is 72.0 Å². The lowest BCUT2D eigenvalue weighted by molar-refractivity contribution is 0.651. The molecule has 0 aliphatic heterocycles. The fraction of sp³-hybridized carbons (Fsp3) is 0.0588. The summed E-state index contributed by atoms with van der Waals surface area (Å²) in [6.45, 7) is 2.41. The first-order valence-corrected chi connectivity index (χ1v) is 18.3. The molecule has 1 aliphatic carbocycles. The first kappa shape index (κ1) is 30.4. The summed E-state index contributed by atoms with van der Waals surface area (Å²) in [5.74, 6) is 0.574. The third-order valence-corrected chi connectivity index (χ3v) is 11.2. The second-order valence-electron chi connectivity index (χ2n) is 14.1. The molecule has 1 nitrogen and oxygen atoms in total. The van der Waals surface area contributed by atoms with Gasteiger partial charge in [-0.05, 0) is 104 Å². The maximum absolute atomic E-state index is 2.44. The summed E-state index contributed by atoms with van der Waals surface area (Å²) >= 11 is 0. The van der Waals surface area contributed by atoms with Crippen LogP contribution in [0.2, 0.25) is 0 Å². The minimum atomic E-state index is 0.258. The topological polar surface area (TPSA) is 4.93 Å². The van der Waals surface area contributed by atoms with Crippen LogP contribution in [0.3, 0.4) is 0 Å². The van der Waals surface area contributed by atoms with E-state index in [4.69, 9.17) is 0 Å². The predicted molar refractivity (Wildman–Crippen MR) is 219 cm³/mol. The number of benzene rings is 8. The molecule has 8 aromatic carbocycles. The van der Waals surface area contributed by atoms with Crippen molar-refractivity contribution in [2.75, 3.05) is 0 Å². The van der Waals surface area contributed by atoms with E-state index >= 15 is 0 Å². The quantitative estimate of drug-likeness (QED) is 0.173. The molecular weight excluding hydrogens is 627 g/mol. The Morgan fingerprint density at radius 2 is 0.923 bits per heavy atom. The molecule has 1 heteroatoms. The van der Waals surface area contributed by atoms with Crippen LogP contribution < -0.4 is 0 Å². The molecule has 2 unspecified atom stereocenters. The van der Waals surface area contributed by atoms with E-state index in [0.717, 1.165) is 0 Å². The van der Waals surface area contributed by atoms with E-state index in [-0.39, 0.29) is 5.92 Å². The fourth-order valence-electron chi connectivity index (χ4n) is 8.80. The molecule has 0 radical (unpaired) electrons. The molecule has 0 saturated carbocycles. The third-order valence-electron chi connectivity index (χ3n) is 11.2. The third kappa shape index (κ3) is 4.93. The normalized spacial score (nSPS) is 15.0. The average Bonchev–Trinajstić information content (AvgIpc) is 3.55. The largest absolute Gasteiger partial charge is 0.309 e. The molecule has 0 spiro atoms. The summed E-state index contributed by atoms with van der Waals surface area (Å²) in [7, 11) is 0. The van der Waals surface area contributed by atoms with Crippen molar-refractivity contribution < 1.29 is 0 Å². The van der Waals surface area contributed by atoms with Gasteiger partial charge in [0.05, 0.1) is 11.0 Å². The zero-order valence-corrected chi connectivity index (χ0v) is 29.1. The molecule has 52 heavy (non-hydrogen) atoms.